The summed E-state index contributed by atoms with van der Waals surface area (Å²) in [5.74, 6) is 1.05. The molecule has 1 aromatic heterocycles. The molecule has 2 aromatic rings. The van der Waals surface area contributed by atoms with E-state index in [1.807, 2.05) is 14.1 Å². The van der Waals surface area contributed by atoms with Crippen molar-refractivity contribution in [2.45, 2.75) is 36.9 Å². The van der Waals surface area contributed by atoms with Crippen molar-refractivity contribution in [1.82, 2.24) is 14.4 Å². The van der Waals surface area contributed by atoms with Gasteiger partial charge in [0.15, 0.2) is 0 Å². The molecular weight excluding hydrogens is 354 g/mol. The second kappa shape index (κ2) is 7.82. The fraction of sp³-hybridized carbons (Fsp3) is 0.500. The Morgan fingerprint density at radius 3 is 2.56 bits per heavy atom. The summed E-state index contributed by atoms with van der Waals surface area (Å²) < 4.78 is 2.07. The second-order valence-electron chi connectivity index (χ2n) is 8.28. The minimum atomic E-state index is 0.219. The summed E-state index contributed by atoms with van der Waals surface area (Å²) in [5, 5.41) is 0. The van der Waals surface area contributed by atoms with E-state index >= 15 is 0 Å². The van der Waals surface area contributed by atoms with Crippen LogP contribution in [0.2, 0.25) is 0 Å². The Labute approximate surface area is 166 Å². The Bertz CT molecular complexity index is 859. The molecule has 0 aliphatic carbocycles. The first kappa shape index (κ1) is 18.8. The van der Waals surface area contributed by atoms with Crippen LogP contribution in [0.15, 0.2) is 46.1 Å². The van der Waals surface area contributed by atoms with Gasteiger partial charge in [0.05, 0.1) is 0 Å². The van der Waals surface area contributed by atoms with Crippen LogP contribution in [0.3, 0.4) is 0 Å². The Kier molecular flexibility index (Phi) is 5.44. The third-order valence-corrected chi connectivity index (χ3v) is 6.55. The van der Waals surface area contributed by atoms with Gasteiger partial charge in [0.1, 0.15) is 0 Å². The maximum atomic E-state index is 12.9. The minimum absolute atomic E-state index is 0.219. The molecule has 2 aliphatic rings. The normalized spacial score (nSPS) is 22.1. The highest BCUT2D eigenvalue weighted by atomic mass is 32.2. The summed E-state index contributed by atoms with van der Waals surface area (Å²) in [6.07, 6.45) is 3.33. The lowest BCUT2D eigenvalue weighted by atomic mass is 9.83. The molecule has 0 spiro atoms. The van der Waals surface area contributed by atoms with Crippen molar-refractivity contribution in [1.29, 1.82) is 0 Å². The molecule has 2 atom stereocenters. The summed E-state index contributed by atoms with van der Waals surface area (Å²) in [5.41, 5.74) is 3.75. The molecule has 27 heavy (non-hydrogen) atoms. The summed E-state index contributed by atoms with van der Waals surface area (Å²) in [4.78, 5) is 18.9. The first-order valence-electron chi connectivity index (χ1n) is 9.76. The van der Waals surface area contributed by atoms with Gasteiger partial charge in [-0.05, 0) is 56.5 Å². The quantitative estimate of drug-likeness (QED) is 0.741. The van der Waals surface area contributed by atoms with Gasteiger partial charge in [0, 0.05) is 54.8 Å². The average molecular weight is 384 g/mol. The maximum Gasteiger partial charge on any atom is 0.255 e. The van der Waals surface area contributed by atoms with Gasteiger partial charge in [0.2, 0.25) is 0 Å². The largest absolute Gasteiger partial charge is 0.312 e. The Morgan fingerprint density at radius 2 is 1.85 bits per heavy atom. The summed E-state index contributed by atoms with van der Waals surface area (Å²) >= 11 is 1.79. The molecule has 4 nitrogen and oxygen atoms in total. The van der Waals surface area contributed by atoms with Crippen molar-refractivity contribution >= 4 is 11.8 Å². The number of likely N-dealkylation sites (tertiary alicyclic amines) is 1. The number of aromatic nitrogens is 1. The van der Waals surface area contributed by atoms with Crippen molar-refractivity contribution in [2.24, 2.45) is 5.92 Å². The molecule has 0 N–H and O–H groups in total. The van der Waals surface area contributed by atoms with E-state index in [1.165, 1.54) is 22.6 Å². The van der Waals surface area contributed by atoms with Gasteiger partial charge in [0.25, 0.3) is 5.56 Å². The number of hydrogen-bond donors (Lipinski definition) is 0. The first-order chi connectivity index (χ1) is 13.0. The first-order valence-corrected chi connectivity index (χ1v) is 11.0. The molecule has 0 radical (unpaired) electrons. The predicted molar refractivity (Wildman–Crippen MR) is 112 cm³/mol. The number of piperidine rings is 1. The molecular formula is C22H29N3OS. The lowest BCUT2D eigenvalue weighted by Crippen LogP contribution is -2.47. The number of pyridine rings is 1. The van der Waals surface area contributed by atoms with Gasteiger partial charge in [-0.2, -0.15) is 0 Å². The highest BCUT2D eigenvalue weighted by molar-refractivity contribution is 7.98. The third kappa shape index (κ3) is 4.00. The van der Waals surface area contributed by atoms with Gasteiger partial charge >= 0.3 is 0 Å². The van der Waals surface area contributed by atoms with Crippen LogP contribution in [0.5, 0.6) is 0 Å². The van der Waals surface area contributed by atoms with Crippen molar-refractivity contribution in [3.8, 4) is 0 Å². The smallest absolute Gasteiger partial charge is 0.255 e. The lowest BCUT2D eigenvalue weighted by molar-refractivity contribution is 0.114. The molecule has 2 bridgehead atoms. The van der Waals surface area contributed by atoms with E-state index in [0.29, 0.717) is 18.4 Å². The van der Waals surface area contributed by atoms with Gasteiger partial charge in [-0.1, -0.05) is 18.2 Å². The Morgan fingerprint density at radius 1 is 1.07 bits per heavy atom. The van der Waals surface area contributed by atoms with Crippen LogP contribution in [-0.4, -0.2) is 47.8 Å². The fourth-order valence-electron chi connectivity index (χ4n) is 4.67. The van der Waals surface area contributed by atoms with Crippen LogP contribution >= 0.6 is 11.8 Å². The van der Waals surface area contributed by atoms with Crippen molar-refractivity contribution in [3.05, 3.63) is 63.6 Å². The molecule has 0 amide bonds. The van der Waals surface area contributed by atoms with E-state index in [1.54, 1.807) is 11.8 Å². The highest BCUT2D eigenvalue weighted by Gasteiger charge is 2.34. The van der Waals surface area contributed by atoms with Crippen molar-refractivity contribution in [3.63, 3.8) is 0 Å². The Balaban J connectivity index is 1.52. The van der Waals surface area contributed by atoms with E-state index in [0.717, 1.165) is 31.7 Å². The van der Waals surface area contributed by atoms with Crippen LogP contribution in [0.1, 0.15) is 29.2 Å². The SMILES string of the molecule is CSc1ccc(CN2C[C@@H]3C[C@H](C2)c2ccc(CN(C)C)c(=O)n2C3)cc1. The molecule has 144 valence electrons. The number of fused-ring (bicyclic) bond motifs is 4. The zero-order chi connectivity index (χ0) is 19.0. The van der Waals surface area contributed by atoms with Crippen LogP contribution < -0.4 is 5.56 Å². The number of thioether (sulfide) groups is 1. The molecule has 1 fully saturated rings. The standard InChI is InChI=1S/C22H29N3OS/c1-23(2)14-18-6-9-21-19-10-17(13-25(21)22(18)26)12-24(15-19)11-16-4-7-20(27-3)8-5-16/h4-9,17,19H,10-15H2,1-3H3/t17-,19+/m0/s1. The molecule has 5 heteroatoms. The average Bonchev–Trinajstić information content (AvgIpc) is 2.65. The molecule has 4 rings (SSSR count). The Hall–Kier alpha value is -1.56. The molecule has 1 saturated heterocycles. The van der Waals surface area contributed by atoms with Gasteiger partial charge in [-0.3, -0.25) is 9.69 Å². The van der Waals surface area contributed by atoms with Gasteiger partial charge in [-0.15, -0.1) is 11.8 Å². The maximum absolute atomic E-state index is 12.9. The molecule has 1 aromatic carbocycles. The van der Waals surface area contributed by atoms with E-state index in [-0.39, 0.29) is 5.56 Å². The van der Waals surface area contributed by atoms with E-state index in [2.05, 4.69) is 57.0 Å². The third-order valence-electron chi connectivity index (χ3n) is 5.81. The van der Waals surface area contributed by atoms with E-state index < -0.39 is 0 Å². The fourth-order valence-corrected chi connectivity index (χ4v) is 5.08. The summed E-state index contributed by atoms with van der Waals surface area (Å²) in [7, 11) is 4.03. The number of rotatable bonds is 5. The molecule has 3 heterocycles. The van der Waals surface area contributed by atoms with Crippen LogP contribution in [0.25, 0.3) is 0 Å². The van der Waals surface area contributed by atoms with Crippen molar-refractivity contribution < 1.29 is 0 Å². The van der Waals surface area contributed by atoms with E-state index in [4.69, 9.17) is 0 Å². The van der Waals surface area contributed by atoms with Crippen molar-refractivity contribution in [2.75, 3.05) is 33.4 Å². The second-order valence-corrected chi connectivity index (χ2v) is 9.16. The number of benzene rings is 1. The summed E-state index contributed by atoms with van der Waals surface area (Å²) in [6, 6.07) is 13.2. The van der Waals surface area contributed by atoms with E-state index in [9.17, 15) is 4.79 Å². The molecule has 0 unspecified atom stereocenters. The number of nitrogens with zero attached hydrogens (tertiary/aromatic N) is 3. The van der Waals surface area contributed by atoms with Gasteiger partial charge < -0.3 is 9.47 Å². The zero-order valence-corrected chi connectivity index (χ0v) is 17.3. The number of hydrogen-bond acceptors (Lipinski definition) is 4. The van der Waals surface area contributed by atoms with Gasteiger partial charge in [-0.25, -0.2) is 0 Å². The predicted octanol–water partition coefficient (Wildman–Crippen LogP) is 3.25. The van der Waals surface area contributed by atoms with Crippen LogP contribution in [0, 0.1) is 5.92 Å². The zero-order valence-electron chi connectivity index (χ0n) is 16.5. The monoisotopic (exact) mass is 383 g/mol. The van der Waals surface area contributed by atoms with Crippen LogP contribution in [-0.2, 0) is 19.6 Å². The topological polar surface area (TPSA) is 28.5 Å². The van der Waals surface area contributed by atoms with Crippen LogP contribution in [0.4, 0.5) is 0 Å². The molecule has 0 saturated carbocycles. The minimum Gasteiger partial charge on any atom is -0.312 e. The lowest BCUT2D eigenvalue weighted by Gasteiger charge is -2.43. The highest BCUT2D eigenvalue weighted by Crippen LogP contribution is 2.35. The summed E-state index contributed by atoms with van der Waals surface area (Å²) in [6.45, 7) is 4.73. The molecule has 2 aliphatic heterocycles.